The lowest BCUT2D eigenvalue weighted by Gasteiger charge is -2.35. The number of rotatable bonds is 1. The minimum Gasteiger partial charge on any atom is -0.382 e. The van der Waals surface area contributed by atoms with Crippen molar-refractivity contribution in [3.63, 3.8) is 0 Å². The predicted octanol–water partition coefficient (Wildman–Crippen LogP) is 6.21. The van der Waals surface area contributed by atoms with Crippen LogP contribution in [-0.2, 0) is 0 Å². The maximum absolute atomic E-state index is 3.80. The highest BCUT2D eigenvalue weighted by Gasteiger charge is 2.27. The van der Waals surface area contributed by atoms with Gasteiger partial charge in [-0.25, -0.2) is 0 Å². The fourth-order valence-electron chi connectivity index (χ4n) is 4.33. The molecule has 120 valence electrons. The highest BCUT2D eigenvalue weighted by atomic mass is 14.9. The molecule has 0 amide bonds. The van der Waals surface area contributed by atoms with Crippen LogP contribution in [0, 0.1) is 0 Å². The van der Waals surface area contributed by atoms with E-state index >= 15 is 0 Å². The molecule has 1 aromatic carbocycles. The summed E-state index contributed by atoms with van der Waals surface area (Å²) in [6, 6.07) is 7.80. The standard InChI is InChI=1S/C22H27N/c1-2-5-9-17(10-6-3-1)18-13-14-22-21(16-18)19-11-7-4-8-12-20(15-19)23-22/h1-2,6,9-10,13-14,16,19-20,23H,3-5,7-8,11-12,15H2/b2-1-,10-6-,17-9+. The molecule has 0 aromatic heterocycles. The number of benzene rings is 1. The highest BCUT2D eigenvalue weighted by molar-refractivity contribution is 5.76. The van der Waals surface area contributed by atoms with Crippen LogP contribution in [0.1, 0.15) is 68.4 Å². The first-order valence-corrected chi connectivity index (χ1v) is 9.33. The van der Waals surface area contributed by atoms with Crippen LogP contribution in [0.25, 0.3) is 5.57 Å². The van der Waals surface area contributed by atoms with Crippen LogP contribution < -0.4 is 5.32 Å². The number of allylic oxidation sites excluding steroid dienone is 6. The molecule has 0 saturated heterocycles. The third-order valence-electron chi connectivity index (χ3n) is 5.57. The smallest absolute Gasteiger partial charge is 0.0378 e. The summed E-state index contributed by atoms with van der Waals surface area (Å²) < 4.78 is 0. The number of hydrogen-bond donors (Lipinski definition) is 1. The van der Waals surface area contributed by atoms with E-state index in [9.17, 15) is 0 Å². The summed E-state index contributed by atoms with van der Waals surface area (Å²) in [4.78, 5) is 0. The van der Waals surface area contributed by atoms with E-state index in [1.165, 1.54) is 55.3 Å². The number of nitrogens with one attached hydrogen (secondary N) is 1. The second-order valence-corrected chi connectivity index (χ2v) is 7.22. The van der Waals surface area contributed by atoms with E-state index in [0.29, 0.717) is 6.04 Å². The van der Waals surface area contributed by atoms with Crippen molar-refractivity contribution in [2.45, 2.75) is 63.3 Å². The molecule has 1 heterocycles. The predicted molar refractivity (Wildman–Crippen MR) is 99.8 cm³/mol. The Kier molecular flexibility index (Phi) is 4.37. The zero-order chi connectivity index (χ0) is 15.5. The van der Waals surface area contributed by atoms with Gasteiger partial charge in [0.1, 0.15) is 0 Å². The van der Waals surface area contributed by atoms with E-state index in [4.69, 9.17) is 0 Å². The largest absolute Gasteiger partial charge is 0.382 e. The molecule has 0 radical (unpaired) electrons. The van der Waals surface area contributed by atoms with E-state index in [2.05, 4.69) is 53.9 Å². The highest BCUT2D eigenvalue weighted by Crippen LogP contribution is 2.41. The normalized spacial score (nSPS) is 31.9. The number of anilines is 1. The summed E-state index contributed by atoms with van der Waals surface area (Å²) in [5.41, 5.74) is 5.72. The molecule has 0 spiro atoms. The molecule has 4 rings (SSSR count). The van der Waals surface area contributed by atoms with Crippen molar-refractivity contribution in [2.75, 3.05) is 5.32 Å². The van der Waals surface area contributed by atoms with Gasteiger partial charge in [0.25, 0.3) is 0 Å². The van der Waals surface area contributed by atoms with E-state index in [0.717, 1.165) is 18.8 Å². The zero-order valence-electron chi connectivity index (χ0n) is 13.9. The van der Waals surface area contributed by atoms with E-state index in [-0.39, 0.29) is 0 Å². The van der Waals surface area contributed by atoms with Gasteiger partial charge in [-0.1, -0.05) is 55.7 Å². The van der Waals surface area contributed by atoms with Crippen LogP contribution in [0.5, 0.6) is 0 Å². The van der Waals surface area contributed by atoms with Gasteiger partial charge in [-0.05, 0) is 66.9 Å². The molecule has 1 fully saturated rings. The van der Waals surface area contributed by atoms with Crippen LogP contribution in [0.4, 0.5) is 5.69 Å². The van der Waals surface area contributed by atoms with Crippen molar-refractivity contribution < 1.29 is 0 Å². The molecule has 23 heavy (non-hydrogen) atoms. The fourth-order valence-corrected chi connectivity index (χ4v) is 4.33. The summed E-state index contributed by atoms with van der Waals surface area (Å²) >= 11 is 0. The molecular weight excluding hydrogens is 278 g/mol. The van der Waals surface area contributed by atoms with Gasteiger partial charge in [-0.3, -0.25) is 0 Å². The van der Waals surface area contributed by atoms with E-state index < -0.39 is 0 Å². The number of hydrogen-bond acceptors (Lipinski definition) is 1. The van der Waals surface area contributed by atoms with Crippen molar-refractivity contribution in [3.05, 3.63) is 59.7 Å². The Morgan fingerprint density at radius 1 is 0.913 bits per heavy atom. The minimum absolute atomic E-state index is 0.698. The summed E-state index contributed by atoms with van der Waals surface area (Å²) in [7, 11) is 0. The SMILES string of the molecule is C1=C\C/C=C(c2ccc3c(c2)C2CCCCCC(C2)N3)\C=C/C/1. The molecule has 1 saturated carbocycles. The van der Waals surface area contributed by atoms with Gasteiger partial charge < -0.3 is 5.32 Å². The van der Waals surface area contributed by atoms with Crippen molar-refractivity contribution >= 4 is 11.3 Å². The first-order chi connectivity index (χ1) is 11.4. The second kappa shape index (κ2) is 6.78. The fraction of sp³-hybridized carbons (Fsp3) is 0.455. The first kappa shape index (κ1) is 14.8. The molecular formula is C22H27N. The van der Waals surface area contributed by atoms with Gasteiger partial charge >= 0.3 is 0 Å². The molecule has 3 aliphatic rings. The average molecular weight is 305 g/mol. The second-order valence-electron chi connectivity index (χ2n) is 7.22. The maximum Gasteiger partial charge on any atom is 0.0378 e. The Morgan fingerprint density at radius 3 is 2.83 bits per heavy atom. The average Bonchev–Trinajstić information content (AvgIpc) is 2.52. The van der Waals surface area contributed by atoms with Crippen LogP contribution in [0.3, 0.4) is 0 Å². The summed E-state index contributed by atoms with van der Waals surface area (Å²) in [6.07, 6.45) is 21.8. The minimum atomic E-state index is 0.698. The van der Waals surface area contributed by atoms with Gasteiger partial charge in [-0.15, -0.1) is 0 Å². The van der Waals surface area contributed by atoms with Crippen LogP contribution in [-0.4, -0.2) is 6.04 Å². The molecule has 1 aromatic rings. The van der Waals surface area contributed by atoms with Gasteiger partial charge in [0.05, 0.1) is 0 Å². The lowest BCUT2D eigenvalue weighted by atomic mass is 9.79. The lowest BCUT2D eigenvalue weighted by Crippen LogP contribution is -2.29. The molecule has 1 aliphatic heterocycles. The monoisotopic (exact) mass is 305 g/mol. The van der Waals surface area contributed by atoms with E-state index in [1.807, 2.05) is 0 Å². The first-order valence-electron chi connectivity index (χ1n) is 9.33. The van der Waals surface area contributed by atoms with Crippen molar-refractivity contribution in [3.8, 4) is 0 Å². The van der Waals surface area contributed by atoms with Crippen molar-refractivity contribution in [2.24, 2.45) is 0 Å². The van der Waals surface area contributed by atoms with E-state index in [1.54, 1.807) is 5.56 Å². The Hall–Kier alpha value is -1.76. The third-order valence-corrected chi connectivity index (χ3v) is 5.57. The number of fused-ring (bicyclic) bond motifs is 4. The summed E-state index contributed by atoms with van der Waals surface area (Å²) in [5, 5.41) is 3.80. The van der Waals surface area contributed by atoms with Crippen LogP contribution >= 0.6 is 0 Å². The van der Waals surface area contributed by atoms with Crippen molar-refractivity contribution in [1.82, 2.24) is 0 Å². The maximum atomic E-state index is 3.80. The molecule has 1 heteroatoms. The zero-order valence-corrected chi connectivity index (χ0v) is 13.9. The molecule has 1 nitrogen and oxygen atoms in total. The Bertz CT molecular complexity index is 650. The summed E-state index contributed by atoms with van der Waals surface area (Å²) in [5.74, 6) is 0.759. The molecule has 2 aliphatic carbocycles. The Balaban J connectivity index is 1.67. The van der Waals surface area contributed by atoms with Crippen LogP contribution in [0.15, 0.2) is 48.6 Å². The van der Waals surface area contributed by atoms with Crippen LogP contribution in [0.2, 0.25) is 0 Å². The van der Waals surface area contributed by atoms with Gasteiger partial charge in [0, 0.05) is 11.7 Å². The van der Waals surface area contributed by atoms with Gasteiger partial charge in [0.2, 0.25) is 0 Å². The molecule has 2 atom stereocenters. The molecule has 1 N–H and O–H groups in total. The van der Waals surface area contributed by atoms with Gasteiger partial charge in [-0.2, -0.15) is 0 Å². The molecule has 2 bridgehead atoms. The van der Waals surface area contributed by atoms with Crippen molar-refractivity contribution in [1.29, 1.82) is 0 Å². The topological polar surface area (TPSA) is 12.0 Å². The third kappa shape index (κ3) is 3.29. The molecule has 2 unspecified atom stereocenters. The quantitative estimate of drug-likeness (QED) is 0.608. The van der Waals surface area contributed by atoms with Gasteiger partial charge in [0.15, 0.2) is 0 Å². The summed E-state index contributed by atoms with van der Waals surface area (Å²) in [6.45, 7) is 0. The Morgan fingerprint density at radius 2 is 1.83 bits per heavy atom. The lowest BCUT2D eigenvalue weighted by molar-refractivity contribution is 0.416. The Labute approximate surface area is 140 Å².